The van der Waals surface area contributed by atoms with Crippen molar-refractivity contribution in [2.75, 3.05) is 25.9 Å². The summed E-state index contributed by atoms with van der Waals surface area (Å²) in [5.74, 6) is 0.294. The summed E-state index contributed by atoms with van der Waals surface area (Å²) >= 11 is 6.01. The third kappa shape index (κ3) is 3.98. The van der Waals surface area contributed by atoms with Crippen LogP contribution in [0.3, 0.4) is 0 Å². The molecular formula is C16H17ClN2O4S. The highest BCUT2D eigenvalue weighted by atomic mass is 35.5. The van der Waals surface area contributed by atoms with E-state index in [9.17, 15) is 13.2 Å². The summed E-state index contributed by atoms with van der Waals surface area (Å²) in [6.45, 7) is 0. The number of ether oxygens (including phenoxy) is 1. The summed E-state index contributed by atoms with van der Waals surface area (Å²) in [5.41, 5.74) is 0.593. The SMILES string of the molecule is COc1ccc(NS(=O)(=O)c2cc(C(=O)N(C)C)ccc2Cl)cc1. The van der Waals surface area contributed by atoms with Gasteiger partial charge >= 0.3 is 0 Å². The minimum absolute atomic E-state index is 0.0336. The van der Waals surface area contributed by atoms with Crippen molar-refractivity contribution in [2.24, 2.45) is 0 Å². The number of benzene rings is 2. The van der Waals surface area contributed by atoms with Gasteiger partial charge in [0.25, 0.3) is 15.9 Å². The Bertz CT molecular complexity index is 849. The Labute approximate surface area is 146 Å². The zero-order valence-corrected chi connectivity index (χ0v) is 15.0. The van der Waals surface area contributed by atoms with Crippen molar-refractivity contribution in [3.8, 4) is 5.75 Å². The first-order valence-corrected chi connectivity index (χ1v) is 8.79. The molecule has 0 aliphatic rings. The van der Waals surface area contributed by atoms with E-state index >= 15 is 0 Å². The Morgan fingerprint density at radius 3 is 2.29 bits per heavy atom. The van der Waals surface area contributed by atoms with E-state index in [0.717, 1.165) is 0 Å². The number of anilines is 1. The molecule has 0 fully saturated rings. The van der Waals surface area contributed by atoms with Gasteiger partial charge in [0, 0.05) is 25.3 Å². The van der Waals surface area contributed by atoms with Crippen molar-refractivity contribution in [1.82, 2.24) is 4.90 Å². The molecule has 2 aromatic carbocycles. The predicted molar refractivity (Wildman–Crippen MR) is 93.3 cm³/mol. The maximum absolute atomic E-state index is 12.6. The first-order chi connectivity index (χ1) is 11.2. The van der Waals surface area contributed by atoms with Gasteiger partial charge in [0.05, 0.1) is 12.1 Å². The predicted octanol–water partition coefficient (Wildman–Crippen LogP) is 2.85. The highest BCUT2D eigenvalue weighted by Crippen LogP contribution is 2.26. The number of nitrogens with zero attached hydrogens (tertiary/aromatic N) is 1. The summed E-state index contributed by atoms with van der Waals surface area (Å²) in [4.78, 5) is 13.2. The molecule has 0 radical (unpaired) electrons. The highest BCUT2D eigenvalue weighted by molar-refractivity contribution is 7.92. The number of rotatable bonds is 5. The van der Waals surface area contributed by atoms with Crippen LogP contribution in [0.2, 0.25) is 5.02 Å². The maximum atomic E-state index is 12.6. The molecule has 0 aliphatic carbocycles. The van der Waals surface area contributed by atoms with Gasteiger partial charge in [0.15, 0.2) is 0 Å². The number of amides is 1. The van der Waals surface area contributed by atoms with E-state index in [-0.39, 0.29) is 21.4 Å². The molecule has 0 saturated heterocycles. The molecule has 0 bridgehead atoms. The third-order valence-electron chi connectivity index (χ3n) is 3.22. The second kappa shape index (κ2) is 7.11. The molecular weight excluding hydrogens is 352 g/mol. The molecule has 8 heteroatoms. The molecule has 0 saturated carbocycles. The summed E-state index contributed by atoms with van der Waals surface area (Å²) in [7, 11) is 0.749. The Balaban J connectivity index is 2.37. The third-order valence-corrected chi connectivity index (χ3v) is 5.08. The second-order valence-electron chi connectivity index (χ2n) is 5.18. The van der Waals surface area contributed by atoms with Gasteiger partial charge in [-0.15, -0.1) is 0 Å². The van der Waals surface area contributed by atoms with Crippen LogP contribution in [0, 0.1) is 0 Å². The molecule has 6 nitrogen and oxygen atoms in total. The smallest absolute Gasteiger partial charge is 0.263 e. The van der Waals surface area contributed by atoms with Crippen molar-refractivity contribution in [1.29, 1.82) is 0 Å². The molecule has 0 heterocycles. The molecule has 0 aliphatic heterocycles. The van der Waals surface area contributed by atoms with Gasteiger partial charge in [0.1, 0.15) is 10.6 Å². The van der Waals surface area contributed by atoms with Crippen molar-refractivity contribution in [3.05, 3.63) is 53.1 Å². The first kappa shape index (κ1) is 18.1. The number of carbonyl (C=O) groups excluding carboxylic acids is 1. The van der Waals surface area contributed by atoms with Crippen LogP contribution in [0.15, 0.2) is 47.4 Å². The Morgan fingerprint density at radius 1 is 1.12 bits per heavy atom. The minimum Gasteiger partial charge on any atom is -0.497 e. The monoisotopic (exact) mass is 368 g/mol. The molecule has 2 rings (SSSR count). The average molecular weight is 369 g/mol. The molecule has 0 atom stereocenters. The standard InChI is InChI=1S/C16H17ClN2O4S/c1-19(2)16(20)11-4-9-14(17)15(10-11)24(21,22)18-12-5-7-13(23-3)8-6-12/h4-10,18H,1-3H3. The highest BCUT2D eigenvalue weighted by Gasteiger charge is 2.21. The van der Waals surface area contributed by atoms with Gasteiger partial charge < -0.3 is 9.64 Å². The van der Waals surface area contributed by atoms with Crippen LogP contribution in [-0.2, 0) is 10.0 Å². The van der Waals surface area contributed by atoms with E-state index in [1.54, 1.807) is 38.4 Å². The van der Waals surface area contributed by atoms with E-state index in [0.29, 0.717) is 11.4 Å². The van der Waals surface area contributed by atoms with Crippen LogP contribution in [0.1, 0.15) is 10.4 Å². The fourth-order valence-corrected chi connectivity index (χ4v) is 3.56. The van der Waals surface area contributed by atoms with E-state index in [2.05, 4.69) is 4.72 Å². The quantitative estimate of drug-likeness (QED) is 0.880. The number of hydrogen-bond donors (Lipinski definition) is 1. The van der Waals surface area contributed by atoms with E-state index in [1.165, 1.54) is 30.2 Å². The van der Waals surface area contributed by atoms with Gasteiger partial charge in [-0.05, 0) is 42.5 Å². The summed E-state index contributed by atoms with van der Waals surface area (Å²) in [6, 6.07) is 10.5. The number of sulfonamides is 1. The van der Waals surface area contributed by atoms with Crippen molar-refractivity contribution < 1.29 is 17.9 Å². The normalized spacial score (nSPS) is 11.0. The molecule has 1 amide bonds. The Morgan fingerprint density at radius 2 is 1.75 bits per heavy atom. The van der Waals surface area contributed by atoms with Crippen LogP contribution in [0.5, 0.6) is 5.75 Å². The van der Waals surface area contributed by atoms with Crippen LogP contribution in [0.25, 0.3) is 0 Å². The van der Waals surface area contributed by atoms with Crippen LogP contribution < -0.4 is 9.46 Å². The topological polar surface area (TPSA) is 75.7 Å². The van der Waals surface area contributed by atoms with Gasteiger partial charge in [0.2, 0.25) is 0 Å². The lowest BCUT2D eigenvalue weighted by molar-refractivity contribution is 0.0827. The van der Waals surface area contributed by atoms with Crippen LogP contribution in [0.4, 0.5) is 5.69 Å². The minimum atomic E-state index is -3.94. The number of nitrogens with one attached hydrogen (secondary N) is 1. The summed E-state index contributed by atoms with van der Waals surface area (Å²) in [5, 5.41) is 0.0336. The number of halogens is 1. The van der Waals surface area contributed by atoms with Gasteiger partial charge in [-0.1, -0.05) is 11.6 Å². The van der Waals surface area contributed by atoms with Crippen LogP contribution in [-0.4, -0.2) is 40.4 Å². The van der Waals surface area contributed by atoms with Crippen LogP contribution >= 0.6 is 11.6 Å². The lowest BCUT2D eigenvalue weighted by Gasteiger charge is -2.13. The molecule has 128 valence electrons. The van der Waals surface area contributed by atoms with E-state index in [1.807, 2.05) is 0 Å². The molecule has 24 heavy (non-hydrogen) atoms. The summed E-state index contributed by atoms with van der Waals surface area (Å²) in [6.07, 6.45) is 0. The molecule has 0 unspecified atom stereocenters. The maximum Gasteiger partial charge on any atom is 0.263 e. The second-order valence-corrected chi connectivity index (χ2v) is 7.24. The number of carbonyl (C=O) groups is 1. The van der Waals surface area contributed by atoms with Crippen molar-refractivity contribution in [2.45, 2.75) is 4.90 Å². The van der Waals surface area contributed by atoms with Crippen molar-refractivity contribution >= 4 is 33.2 Å². The largest absolute Gasteiger partial charge is 0.497 e. The summed E-state index contributed by atoms with van der Waals surface area (Å²) < 4.78 is 32.6. The number of hydrogen-bond acceptors (Lipinski definition) is 4. The number of methoxy groups -OCH3 is 1. The fourth-order valence-electron chi connectivity index (χ4n) is 1.97. The lowest BCUT2D eigenvalue weighted by Crippen LogP contribution is -2.22. The van der Waals surface area contributed by atoms with E-state index in [4.69, 9.17) is 16.3 Å². The van der Waals surface area contributed by atoms with Crippen molar-refractivity contribution in [3.63, 3.8) is 0 Å². The molecule has 1 N–H and O–H groups in total. The molecule has 2 aromatic rings. The fraction of sp³-hybridized carbons (Fsp3) is 0.188. The van der Waals surface area contributed by atoms with Gasteiger partial charge in [-0.3, -0.25) is 9.52 Å². The Hall–Kier alpha value is -2.25. The van der Waals surface area contributed by atoms with Gasteiger partial charge in [-0.2, -0.15) is 0 Å². The lowest BCUT2D eigenvalue weighted by atomic mass is 10.2. The molecule has 0 aromatic heterocycles. The first-order valence-electron chi connectivity index (χ1n) is 6.92. The zero-order valence-electron chi connectivity index (χ0n) is 13.4. The Kier molecular flexibility index (Phi) is 5.36. The molecule has 0 spiro atoms. The average Bonchev–Trinajstić information content (AvgIpc) is 2.54. The van der Waals surface area contributed by atoms with E-state index < -0.39 is 10.0 Å². The van der Waals surface area contributed by atoms with Gasteiger partial charge in [-0.25, -0.2) is 8.42 Å². The zero-order chi connectivity index (χ0) is 17.9.